The topological polar surface area (TPSA) is 119 Å². The lowest BCUT2D eigenvalue weighted by atomic mass is 9.87. The van der Waals surface area contributed by atoms with E-state index in [1.54, 1.807) is 12.1 Å². The van der Waals surface area contributed by atoms with Crippen LogP contribution < -0.4 is 16.0 Å². The molecule has 0 bridgehead atoms. The number of pyridine rings is 1. The molecule has 3 N–H and O–H groups in total. The number of nitrogens with one attached hydrogen (secondary N) is 3. The van der Waals surface area contributed by atoms with E-state index in [-0.39, 0.29) is 5.91 Å². The number of halogens is 1. The highest BCUT2D eigenvalue weighted by molar-refractivity contribution is 6.35. The first-order chi connectivity index (χ1) is 20.2. The van der Waals surface area contributed by atoms with Crippen LogP contribution in [0.15, 0.2) is 36.9 Å². The molecular weight excluding hydrogens is 568 g/mol. The number of fused-ring (bicyclic) bond motifs is 1. The highest BCUT2D eigenvalue weighted by atomic mass is 35.5. The van der Waals surface area contributed by atoms with Crippen molar-refractivity contribution in [2.24, 2.45) is 5.92 Å². The summed E-state index contributed by atoms with van der Waals surface area (Å²) >= 11 is 6.41. The van der Waals surface area contributed by atoms with Gasteiger partial charge in [0.15, 0.2) is 0 Å². The van der Waals surface area contributed by atoms with Crippen LogP contribution in [-0.2, 0) is 20.7 Å². The number of amides is 3. The average Bonchev–Trinajstić information content (AvgIpc) is 2.90. The molecule has 0 aliphatic heterocycles. The number of aromatic nitrogens is 1. The molecule has 0 spiro atoms. The van der Waals surface area contributed by atoms with Gasteiger partial charge in [0.2, 0.25) is 5.91 Å². The van der Waals surface area contributed by atoms with Crippen LogP contribution in [0, 0.1) is 5.92 Å². The second-order valence-corrected chi connectivity index (χ2v) is 13.2. The second kappa shape index (κ2) is 17.1. The number of carbonyl (C=O) groups is 3. The number of anilines is 1. The monoisotopic (exact) mass is 616 g/mol. The number of alkyl carbamates (subject to hydrolysis) is 2. The first kappa shape index (κ1) is 35.9. The van der Waals surface area contributed by atoms with Gasteiger partial charge in [-0.05, 0) is 97.4 Å². The van der Waals surface area contributed by atoms with E-state index in [0.29, 0.717) is 36.1 Å². The van der Waals surface area contributed by atoms with Crippen molar-refractivity contribution in [2.45, 2.75) is 104 Å². The van der Waals surface area contributed by atoms with E-state index in [2.05, 4.69) is 22.5 Å². The van der Waals surface area contributed by atoms with Gasteiger partial charge in [-0.3, -0.25) is 9.78 Å². The first-order valence-electron chi connectivity index (χ1n) is 15.1. The smallest absolute Gasteiger partial charge is 0.407 e. The molecule has 0 radical (unpaired) electrons. The molecule has 1 aliphatic rings. The van der Waals surface area contributed by atoms with Crippen LogP contribution in [-0.4, -0.2) is 47.4 Å². The van der Waals surface area contributed by atoms with E-state index in [1.807, 2.05) is 59.7 Å². The van der Waals surface area contributed by atoms with Gasteiger partial charge in [0, 0.05) is 30.6 Å². The minimum Gasteiger partial charge on any atom is -0.444 e. The normalized spacial score (nSPS) is 13.7. The Morgan fingerprint density at radius 2 is 1.58 bits per heavy atom. The van der Waals surface area contributed by atoms with Crippen LogP contribution >= 0.6 is 11.6 Å². The quantitative estimate of drug-likeness (QED) is 0.194. The Balaban J connectivity index is 0.000000499. The fourth-order valence-corrected chi connectivity index (χ4v) is 4.79. The molecule has 43 heavy (non-hydrogen) atoms. The predicted octanol–water partition coefficient (Wildman–Crippen LogP) is 7.95. The summed E-state index contributed by atoms with van der Waals surface area (Å²) in [6.07, 6.45) is 8.76. The van der Waals surface area contributed by atoms with Crippen molar-refractivity contribution >= 4 is 46.3 Å². The maximum absolute atomic E-state index is 12.6. The highest BCUT2D eigenvalue weighted by Crippen LogP contribution is 2.32. The van der Waals surface area contributed by atoms with E-state index >= 15 is 0 Å². The minimum absolute atomic E-state index is 0.0172. The number of rotatable bonds is 9. The van der Waals surface area contributed by atoms with Crippen LogP contribution in [0.1, 0.15) is 92.2 Å². The molecule has 238 valence electrons. The lowest BCUT2D eigenvalue weighted by Gasteiger charge is -2.21. The highest BCUT2D eigenvalue weighted by Gasteiger charge is 2.19. The lowest BCUT2D eigenvalue weighted by Crippen LogP contribution is -2.33. The molecule has 1 heterocycles. The van der Waals surface area contributed by atoms with Crippen LogP contribution in [0.4, 0.5) is 15.3 Å². The van der Waals surface area contributed by atoms with Gasteiger partial charge in [-0.1, -0.05) is 36.9 Å². The molecule has 2 aromatic rings. The molecule has 9 nitrogen and oxygen atoms in total. The van der Waals surface area contributed by atoms with E-state index < -0.39 is 23.4 Å². The Morgan fingerprint density at radius 3 is 2.19 bits per heavy atom. The molecule has 3 amide bonds. The number of benzene rings is 1. The summed E-state index contributed by atoms with van der Waals surface area (Å²) in [5, 5.41) is 9.66. The fourth-order valence-electron chi connectivity index (χ4n) is 4.57. The maximum Gasteiger partial charge on any atom is 0.407 e. The Bertz CT molecular complexity index is 1230. The van der Waals surface area contributed by atoms with Gasteiger partial charge in [0.05, 0.1) is 16.2 Å². The summed E-state index contributed by atoms with van der Waals surface area (Å²) in [5.74, 6) is 0.486. The zero-order valence-electron chi connectivity index (χ0n) is 26.6. The maximum atomic E-state index is 12.6. The van der Waals surface area contributed by atoms with Crippen molar-refractivity contribution in [3.63, 3.8) is 0 Å². The molecule has 0 unspecified atom stereocenters. The molecule has 1 aromatic carbocycles. The number of carbonyl (C=O) groups excluding carboxylic acids is 3. The minimum atomic E-state index is -0.505. The summed E-state index contributed by atoms with van der Waals surface area (Å²) in [4.78, 5) is 39.9. The van der Waals surface area contributed by atoms with Gasteiger partial charge >= 0.3 is 12.2 Å². The van der Waals surface area contributed by atoms with Gasteiger partial charge in [-0.25, -0.2) is 9.59 Å². The number of aryl methyl sites for hydroxylation is 1. The lowest BCUT2D eigenvalue weighted by molar-refractivity contribution is -0.117. The van der Waals surface area contributed by atoms with Crippen molar-refractivity contribution < 1.29 is 23.9 Å². The molecule has 1 fully saturated rings. The van der Waals surface area contributed by atoms with Crippen LogP contribution in [0.5, 0.6) is 0 Å². The van der Waals surface area contributed by atoms with E-state index in [9.17, 15) is 14.4 Å². The Kier molecular flexibility index (Phi) is 14.3. The van der Waals surface area contributed by atoms with Gasteiger partial charge < -0.3 is 25.4 Å². The third-order valence-electron chi connectivity index (χ3n) is 6.41. The van der Waals surface area contributed by atoms with Crippen molar-refractivity contribution in [3.8, 4) is 0 Å². The van der Waals surface area contributed by atoms with Gasteiger partial charge in [0.25, 0.3) is 0 Å². The largest absolute Gasteiger partial charge is 0.444 e. The van der Waals surface area contributed by atoms with E-state index in [4.69, 9.17) is 26.1 Å². The Morgan fingerprint density at radius 1 is 0.953 bits per heavy atom. The number of hydrogen-bond acceptors (Lipinski definition) is 6. The van der Waals surface area contributed by atoms with Crippen LogP contribution in [0.3, 0.4) is 0 Å². The Labute approximate surface area is 261 Å². The molecule has 3 rings (SSSR count). The number of nitrogens with zero attached hydrogens (tertiary/aromatic N) is 1. The van der Waals surface area contributed by atoms with Gasteiger partial charge in [-0.15, -0.1) is 6.58 Å². The van der Waals surface area contributed by atoms with Gasteiger partial charge in [0.1, 0.15) is 11.2 Å². The standard InChI is InChI=1S/C25H34ClN3O3.C8H15NO2/c1-25(2,3)32-24(31)27-15-7-10-18-11-12-19-21(28-18)14-13-20(26)23(19)29-22(30)16-17-8-5-4-6-9-17;1-5-6-9-7(10)11-8(2,3)4/h11-14,17H,4-10,15-16H2,1-3H3,(H,27,31)(H,29,30);5H,1,6H2,2-4H3,(H,9,10). The molecule has 1 aromatic heterocycles. The molecule has 1 aliphatic carbocycles. The van der Waals surface area contributed by atoms with Crippen molar-refractivity contribution in [1.82, 2.24) is 15.6 Å². The van der Waals surface area contributed by atoms with E-state index in [0.717, 1.165) is 42.3 Å². The zero-order chi connectivity index (χ0) is 32.0. The van der Waals surface area contributed by atoms with Crippen molar-refractivity contribution in [3.05, 3.63) is 47.6 Å². The predicted molar refractivity (Wildman–Crippen MR) is 174 cm³/mol. The molecule has 1 saturated carbocycles. The molecular formula is C33H49ClN4O5. The second-order valence-electron chi connectivity index (χ2n) is 12.8. The van der Waals surface area contributed by atoms with Crippen LogP contribution in [0.25, 0.3) is 10.9 Å². The summed E-state index contributed by atoms with van der Waals surface area (Å²) < 4.78 is 10.2. The zero-order valence-corrected chi connectivity index (χ0v) is 27.4. The van der Waals surface area contributed by atoms with Crippen molar-refractivity contribution in [2.75, 3.05) is 18.4 Å². The summed E-state index contributed by atoms with van der Waals surface area (Å²) in [7, 11) is 0. The molecule has 10 heteroatoms. The first-order valence-corrected chi connectivity index (χ1v) is 15.5. The average molecular weight is 617 g/mol. The number of hydrogen-bond donors (Lipinski definition) is 3. The molecule has 0 saturated heterocycles. The summed E-state index contributed by atoms with van der Waals surface area (Å²) in [6, 6.07) is 7.56. The van der Waals surface area contributed by atoms with Crippen molar-refractivity contribution in [1.29, 1.82) is 0 Å². The van der Waals surface area contributed by atoms with E-state index in [1.165, 1.54) is 19.3 Å². The third-order valence-corrected chi connectivity index (χ3v) is 6.72. The van der Waals surface area contributed by atoms with Crippen LogP contribution in [0.2, 0.25) is 5.02 Å². The van der Waals surface area contributed by atoms with Gasteiger partial charge in [-0.2, -0.15) is 0 Å². The summed E-state index contributed by atoms with van der Waals surface area (Å²) in [6.45, 7) is 15.4. The summed E-state index contributed by atoms with van der Waals surface area (Å²) in [5.41, 5.74) is 1.42. The molecule has 0 atom stereocenters. The number of ether oxygens (including phenoxy) is 2. The SMILES string of the molecule is C=CCNC(=O)OC(C)(C)C.CC(C)(C)OC(=O)NCCCc1ccc2c(NC(=O)CC3CCCCC3)c(Cl)ccc2n1. The Hall–Kier alpha value is -3.33. The fraction of sp³-hybridized carbons (Fsp3) is 0.576. The third kappa shape index (κ3) is 14.6.